The fraction of sp³-hybridized carbons (Fsp3) is 0.474. The molecular weight excluding hydrogens is 274 g/mol. The standard InChI is InChI=1S/C19H25NS/c1-12-5-7-16(8-6-12)17-10-18(11-17)20-14(3)19-9-13(2)21-15(19)4/h5-9,14,17-18,20H,10-11H2,1-4H3. The molecule has 2 aromatic rings. The summed E-state index contributed by atoms with van der Waals surface area (Å²) in [6.07, 6.45) is 2.55. The van der Waals surface area contributed by atoms with Gasteiger partial charge in [-0.05, 0) is 63.6 Å². The summed E-state index contributed by atoms with van der Waals surface area (Å²) < 4.78 is 0. The number of nitrogens with one attached hydrogen (secondary N) is 1. The Labute approximate surface area is 132 Å². The molecule has 1 aromatic carbocycles. The predicted molar refractivity (Wildman–Crippen MR) is 92.3 cm³/mol. The Hall–Kier alpha value is -1.12. The van der Waals surface area contributed by atoms with E-state index in [0.717, 1.165) is 5.92 Å². The van der Waals surface area contributed by atoms with Gasteiger partial charge in [-0.3, -0.25) is 0 Å². The van der Waals surface area contributed by atoms with E-state index >= 15 is 0 Å². The molecule has 1 aliphatic carbocycles. The number of hydrogen-bond donors (Lipinski definition) is 1. The smallest absolute Gasteiger partial charge is 0.0305 e. The summed E-state index contributed by atoms with van der Waals surface area (Å²) >= 11 is 1.91. The molecule has 1 N–H and O–H groups in total. The summed E-state index contributed by atoms with van der Waals surface area (Å²) in [5.41, 5.74) is 4.34. The summed E-state index contributed by atoms with van der Waals surface area (Å²) in [5.74, 6) is 0.751. The second-order valence-electron chi connectivity index (χ2n) is 6.53. The fourth-order valence-electron chi connectivity index (χ4n) is 3.39. The SMILES string of the molecule is Cc1ccc(C2CC(NC(C)c3cc(C)sc3C)C2)cc1. The maximum absolute atomic E-state index is 3.80. The van der Waals surface area contributed by atoms with Crippen molar-refractivity contribution < 1.29 is 0 Å². The van der Waals surface area contributed by atoms with Crippen LogP contribution in [-0.4, -0.2) is 6.04 Å². The normalized spacial score (nSPS) is 22.9. The fourth-order valence-corrected chi connectivity index (χ4v) is 4.41. The third-order valence-electron chi connectivity index (χ3n) is 4.72. The third-order valence-corrected chi connectivity index (χ3v) is 5.70. The Balaban J connectivity index is 1.55. The van der Waals surface area contributed by atoms with Crippen LogP contribution in [-0.2, 0) is 0 Å². The first-order valence-electron chi connectivity index (χ1n) is 7.92. The van der Waals surface area contributed by atoms with Gasteiger partial charge in [-0.1, -0.05) is 29.8 Å². The largest absolute Gasteiger partial charge is 0.307 e. The van der Waals surface area contributed by atoms with Gasteiger partial charge in [-0.2, -0.15) is 0 Å². The van der Waals surface area contributed by atoms with Gasteiger partial charge in [-0.25, -0.2) is 0 Å². The van der Waals surface area contributed by atoms with Crippen molar-refractivity contribution in [1.82, 2.24) is 5.32 Å². The maximum atomic E-state index is 3.80. The van der Waals surface area contributed by atoms with E-state index in [9.17, 15) is 0 Å². The van der Waals surface area contributed by atoms with Gasteiger partial charge in [0.2, 0.25) is 0 Å². The second kappa shape index (κ2) is 5.94. The van der Waals surface area contributed by atoms with Crippen molar-refractivity contribution in [2.75, 3.05) is 0 Å². The summed E-state index contributed by atoms with van der Waals surface area (Å²) in [4.78, 5) is 2.88. The molecule has 0 bridgehead atoms. The molecule has 1 unspecified atom stereocenters. The molecule has 112 valence electrons. The van der Waals surface area contributed by atoms with Crippen LogP contribution in [0.15, 0.2) is 30.3 Å². The second-order valence-corrected chi connectivity index (χ2v) is 7.99. The zero-order valence-electron chi connectivity index (χ0n) is 13.4. The van der Waals surface area contributed by atoms with Crippen LogP contribution in [0, 0.1) is 20.8 Å². The third kappa shape index (κ3) is 3.22. The lowest BCUT2D eigenvalue weighted by Gasteiger charge is -2.38. The molecule has 2 heteroatoms. The van der Waals surface area contributed by atoms with Crippen molar-refractivity contribution in [2.45, 2.75) is 58.5 Å². The molecule has 1 aromatic heterocycles. The van der Waals surface area contributed by atoms with Crippen LogP contribution >= 0.6 is 11.3 Å². The van der Waals surface area contributed by atoms with Gasteiger partial charge in [0, 0.05) is 21.8 Å². The van der Waals surface area contributed by atoms with Crippen molar-refractivity contribution in [1.29, 1.82) is 0 Å². The summed E-state index contributed by atoms with van der Waals surface area (Å²) in [5, 5.41) is 3.80. The van der Waals surface area contributed by atoms with Crippen LogP contribution in [0.5, 0.6) is 0 Å². The van der Waals surface area contributed by atoms with E-state index in [0.29, 0.717) is 12.1 Å². The lowest BCUT2D eigenvalue weighted by molar-refractivity contribution is 0.271. The predicted octanol–water partition coefficient (Wildman–Crippen LogP) is 5.27. The van der Waals surface area contributed by atoms with Gasteiger partial charge in [0.25, 0.3) is 0 Å². The minimum absolute atomic E-state index is 0.471. The van der Waals surface area contributed by atoms with Crippen molar-refractivity contribution in [3.05, 3.63) is 56.8 Å². The number of benzene rings is 1. The molecule has 0 radical (unpaired) electrons. The lowest BCUT2D eigenvalue weighted by atomic mass is 9.75. The van der Waals surface area contributed by atoms with Gasteiger partial charge >= 0.3 is 0 Å². The Morgan fingerprint density at radius 2 is 1.76 bits per heavy atom. The van der Waals surface area contributed by atoms with Crippen molar-refractivity contribution in [3.8, 4) is 0 Å². The highest BCUT2D eigenvalue weighted by atomic mass is 32.1. The minimum Gasteiger partial charge on any atom is -0.307 e. The first-order chi connectivity index (χ1) is 10.0. The van der Waals surface area contributed by atoms with Crippen LogP contribution in [0.25, 0.3) is 0 Å². The molecule has 1 saturated carbocycles. The average molecular weight is 299 g/mol. The molecule has 0 aliphatic heterocycles. The van der Waals surface area contributed by atoms with Gasteiger partial charge < -0.3 is 5.32 Å². The molecule has 1 heterocycles. The Morgan fingerprint density at radius 3 is 2.33 bits per heavy atom. The van der Waals surface area contributed by atoms with Crippen LogP contribution in [0.1, 0.15) is 58.2 Å². The van der Waals surface area contributed by atoms with E-state index in [1.165, 1.54) is 39.3 Å². The number of rotatable bonds is 4. The summed E-state index contributed by atoms with van der Waals surface area (Å²) in [6, 6.07) is 12.5. The number of hydrogen-bond acceptors (Lipinski definition) is 2. The van der Waals surface area contributed by atoms with E-state index < -0.39 is 0 Å². The van der Waals surface area contributed by atoms with Crippen LogP contribution in [0.2, 0.25) is 0 Å². The highest BCUT2D eigenvalue weighted by Gasteiger charge is 2.31. The summed E-state index contributed by atoms with van der Waals surface area (Å²) in [6.45, 7) is 8.89. The zero-order valence-corrected chi connectivity index (χ0v) is 14.3. The van der Waals surface area contributed by atoms with Crippen LogP contribution in [0.4, 0.5) is 0 Å². The van der Waals surface area contributed by atoms with Crippen molar-refractivity contribution >= 4 is 11.3 Å². The van der Waals surface area contributed by atoms with Crippen molar-refractivity contribution in [2.24, 2.45) is 0 Å². The molecule has 1 aliphatic rings. The van der Waals surface area contributed by atoms with E-state index in [2.05, 4.69) is 63.3 Å². The van der Waals surface area contributed by atoms with E-state index in [-0.39, 0.29) is 0 Å². The number of thiophene rings is 1. The van der Waals surface area contributed by atoms with E-state index in [1.807, 2.05) is 11.3 Å². The molecular formula is C19H25NS. The first kappa shape index (κ1) is 14.8. The lowest BCUT2D eigenvalue weighted by Crippen LogP contribution is -2.41. The molecule has 21 heavy (non-hydrogen) atoms. The molecule has 1 nitrogen and oxygen atoms in total. The highest BCUT2D eigenvalue weighted by Crippen LogP contribution is 2.38. The molecule has 1 fully saturated rings. The quantitative estimate of drug-likeness (QED) is 0.811. The van der Waals surface area contributed by atoms with Gasteiger partial charge in [0.05, 0.1) is 0 Å². The Bertz CT molecular complexity index is 605. The van der Waals surface area contributed by atoms with Gasteiger partial charge in [-0.15, -0.1) is 11.3 Å². The van der Waals surface area contributed by atoms with Gasteiger partial charge in [0.15, 0.2) is 0 Å². The minimum atomic E-state index is 0.471. The van der Waals surface area contributed by atoms with Crippen LogP contribution in [0.3, 0.4) is 0 Å². The monoisotopic (exact) mass is 299 g/mol. The molecule has 0 saturated heterocycles. The van der Waals surface area contributed by atoms with E-state index in [4.69, 9.17) is 0 Å². The zero-order chi connectivity index (χ0) is 15.0. The maximum Gasteiger partial charge on any atom is 0.0305 e. The highest BCUT2D eigenvalue weighted by molar-refractivity contribution is 7.12. The Kier molecular flexibility index (Phi) is 4.19. The molecule has 0 spiro atoms. The topological polar surface area (TPSA) is 12.0 Å². The molecule has 1 atom stereocenters. The van der Waals surface area contributed by atoms with Gasteiger partial charge in [0.1, 0.15) is 0 Å². The van der Waals surface area contributed by atoms with E-state index in [1.54, 1.807) is 0 Å². The first-order valence-corrected chi connectivity index (χ1v) is 8.74. The van der Waals surface area contributed by atoms with Crippen molar-refractivity contribution in [3.63, 3.8) is 0 Å². The number of aryl methyl sites for hydroxylation is 3. The average Bonchev–Trinajstić information content (AvgIpc) is 2.74. The Morgan fingerprint density at radius 1 is 1.10 bits per heavy atom. The molecule has 3 rings (SSSR count). The summed E-state index contributed by atoms with van der Waals surface area (Å²) in [7, 11) is 0. The van der Waals surface area contributed by atoms with Crippen LogP contribution < -0.4 is 5.32 Å². The molecule has 0 amide bonds.